The number of fused-ring (bicyclic) bond motifs is 1. The van der Waals surface area contributed by atoms with Crippen molar-refractivity contribution in [3.63, 3.8) is 0 Å². The molecule has 96 valence electrons. The molecule has 0 amide bonds. The number of aryl methyl sites for hydroxylation is 1. The molecular weight excluding hydrogens is 280 g/mol. The largest absolute Gasteiger partial charge is 0.465 e. The number of pyridine rings is 1. The summed E-state index contributed by atoms with van der Waals surface area (Å²) in [7, 11) is 1.38. The predicted octanol–water partition coefficient (Wildman–Crippen LogP) is 3.51. The molecule has 0 radical (unpaired) electrons. The predicted molar refractivity (Wildman–Crippen MR) is 76.8 cm³/mol. The van der Waals surface area contributed by atoms with E-state index in [4.69, 9.17) is 4.74 Å². The molecule has 0 N–H and O–H groups in total. The Morgan fingerprint density at radius 1 is 1.42 bits per heavy atom. The highest BCUT2D eigenvalue weighted by molar-refractivity contribution is 7.17. The lowest BCUT2D eigenvalue weighted by Crippen LogP contribution is -1.99. The van der Waals surface area contributed by atoms with Crippen LogP contribution in [0.3, 0.4) is 0 Å². The van der Waals surface area contributed by atoms with E-state index in [0.29, 0.717) is 10.6 Å². The van der Waals surface area contributed by atoms with E-state index in [-0.39, 0.29) is 5.97 Å². The molecule has 3 heterocycles. The minimum Gasteiger partial charge on any atom is -0.465 e. The lowest BCUT2D eigenvalue weighted by atomic mass is 10.3. The van der Waals surface area contributed by atoms with Crippen molar-refractivity contribution in [1.82, 2.24) is 9.97 Å². The van der Waals surface area contributed by atoms with Crippen LogP contribution in [0.15, 0.2) is 23.7 Å². The Hall–Kier alpha value is -1.79. The van der Waals surface area contributed by atoms with Crippen molar-refractivity contribution in [2.45, 2.75) is 6.92 Å². The minimum absolute atomic E-state index is 0.341. The number of hydrogen-bond acceptors (Lipinski definition) is 6. The van der Waals surface area contributed by atoms with Crippen LogP contribution < -0.4 is 0 Å². The molecule has 6 heteroatoms. The molecule has 0 aliphatic carbocycles. The van der Waals surface area contributed by atoms with Crippen molar-refractivity contribution < 1.29 is 9.53 Å². The number of carbonyl (C=O) groups is 1. The van der Waals surface area contributed by atoms with Crippen LogP contribution in [-0.4, -0.2) is 23.0 Å². The summed E-state index contributed by atoms with van der Waals surface area (Å²) in [6.07, 6.45) is 1.79. The van der Waals surface area contributed by atoms with E-state index in [9.17, 15) is 4.79 Å². The summed E-state index contributed by atoms with van der Waals surface area (Å²) in [5, 5.41) is 2.80. The van der Waals surface area contributed by atoms with Gasteiger partial charge in [-0.15, -0.1) is 22.7 Å². The van der Waals surface area contributed by atoms with E-state index in [1.54, 1.807) is 17.5 Å². The summed E-state index contributed by atoms with van der Waals surface area (Å²) >= 11 is 2.98. The van der Waals surface area contributed by atoms with Gasteiger partial charge in [-0.05, 0) is 24.4 Å². The first-order chi connectivity index (χ1) is 9.19. The van der Waals surface area contributed by atoms with Gasteiger partial charge in [-0.25, -0.2) is 9.78 Å². The van der Waals surface area contributed by atoms with E-state index < -0.39 is 0 Å². The van der Waals surface area contributed by atoms with Gasteiger partial charge in [0, 0.05) is 11.8 Å². The van der Waals surface area contributed by atoms with Crippen molar-refractivity contribution >= 4 is 38.9 Å². The lowest BCUT2D eigenvalue weighted by Gasteiger charge is -1.95. The average Bonchev–Trinajstić information content (AvgIpc) is 3.03. The van der Waals surface area contributed by atoms with Crippen LogP contribution in [0.4, 0.5) is 0 Å². The Kier molecular flexibility index (Phi) is 3.04. The third kappa shape index (κ3) is 2.13. The molecule has 0 fully saturated rings. The second kappa shape index (κ2) is 4.71. The summed E-state index contributed by atoms with van der Waals surface area (Å²) in [5.41, 5.74) is 2.60. The highest BCUT2D eigenvalue weighted by Crippen LogP contribution is 2.30. The molecule has 3 aromatic heterocycles. The zero-order valence-electron chi connectivity index (χ0n) is 10.3. The van der Waals surface area contributed by atoms with Crippen LogP contribution in [-0.2, 0) is 4.74 Å². The van der Waals surface area contributed by atoms with E-state index in [1.165, 1.54) is 18.4 Å². The third-order valence-corrected chi connectivity index (χ3v) is 4.76. The maximum Gasteiger partial charge on any atom is 0.349 e. The fraction of sp³-hybridized carbons (Fsp3) is 0.154. The number of carbonyl (C=O) groups excluding carboxylic acids is 1. The van der Waals surface area contributed by atoms with Gasteiger partial charge in [0.2, 0.25) is 0 Å². The molecule has 4 nitrogen and oxygen atoms in total. The first-order valence-corrected chi connectivity index (χ1v) is 7.28. The van der Waals surface area contributed by atoms with Crippen molar-refractivity contribution in [3.05, 3.63) is 34.3 Å². The van der Waals surface area contributed by atoms with E-state index in [2.05, 4.69) is 9.97 Å². The normalized spacial score (nSPS) is 10.8. The fourth-order valence-corrected chi connectivity index (χ4v) is 3.51. The zero-order valence-corrected chi connectivity index (χ0v) is 12.0. The zero-order chi connectivity index (χ0) is 13.4. The molecule has 0 atom stereocenters. The number of rotatable bonds is 2. The third-order valence-electron chi connectivity index (χ3n) is 2.72. The summed E-state index contributed by atoms with van der Waals surface area (Å²) < 4.78 is 5.86. The Bertz CT molecular complexity index is 761. The van der Waals surface area contributed by atoms with Gasteiger partial charge in [0.05, 0.1) is 23.0 Å². The van der Waals surface area contributed by atoms with Crippen LogP contribution in [0, 0.1) is 6.92 Å². The van der Waals surface area contributed by atoms with Gasteiger partial charge in [-0.1, -0.05) is 0 Å². The molecule has 0 saturated carbocycles. The summed E-state index contributed by atoms with van der Waals surface area (Å²) in [4.78, 5) is 20.9. The molecule has 0 bridgehead atoms. The van der Waals surface area contributed by atoms with Crippen molar-refractivity contribution in [2.75, 3.05) is 7.11 Å². The Morgan fingerprint density at radius 3 is 3.05 bits per heavy atom. The summed E-state index contributed by atoms with van der Waals surface area (Å²) in [6, 6.07) is 4.03. The van der Waals surface area contributed by atoms with Crippen LogP contribution >= 0.6 is 22.7 Å². The number of hydrogen-bond donors (Lipinski definition) is 0. The Labute approximate surface area is 117 Å². The number of methoxy groups -OCH3 is 1. The molecular formula is C13H10N2O2S2. The van der Waals surface area contributed by atoms with Crippen molar-refractivity contribution in [3.8, 4) is 10.6 Å². The van der Waals surface area contributed by atoms with Crippen LogP contribution in [0.2, 0.25) is 0 Å². The highest BCUT2D eigenvalue weighted by Gasteiger charge is 2.16. The number of thiophene rings is 1. The van der Waals surface area contributed by atoms with Gasteiger partial charge in [0.1, 0.15) is 9.88 Å². The minimum atomic E-state index is -0.341. The Morgan fingerprint density at radius 2 is 2.26 bits per heavy atom. The van der Waals surface area contributed by atoms with Crippen LogP contribution in [0.1, 0.15) is 15.4 Å². The number of ether oxygens (including phenoxy) is 1. The van der Waals surface area contributed by atoms with E-state index >= 15 is 0 Å². The van der Waals surface area contributed by atoms with Gasteiger partial charge in [0.25, 0.3) is 0 Å². The van der Waals surface area contributed by atoms with Gasteiger partial charge < -0.3 is 4.74 Å². The monoisotopic (exact) mass is 290 g/mol. The topological polar surface area (TPSA) is 52.1 Å². The SMILES string of the molecule is COC(=O)c1sc(-c2cnc3ccsc3c2)nc1C. The van der Waals surface area contributed by atoms with Crippen LogP contribution in [0.25, 0.3) is 20.8 Å². The maximum atomic E-state index is 11.6. The molecule has 3 rings (SSSR count). The second-order valence-electron chi connectivity index (χ2n) is 3.95. The van der Waals surface area contributed by atoms with E-state index in [1.807, 2.05) is 24.4 Å². The van der Waals surface area contributed by atoms with Gasteiger partial charge in [-0.3, -0.25) is 4.98 Å². The molecule has 0 aliphatic rings. The van der Waals surface area contributed by atoms with Gasteiger partial charge in [0.15, 0.2) is 0 Å². The smallest absolute Gasteiger partial charge is 0.349 e. The van der Waals surface area contributed by atoms with Crippen molar-refractivity contribution in [2.24, 2.45) is 0 Å². The standard InChI is InChI=1S/C13H10N2O2S2/c1-7-11(13(16)17-2)19-12(15-7)8-5-10-9(14-6-8)3-4-18-10/h3-6H,1-2H3. The molecule has 0 spiro atoms. The number of thiazole rings is 1. The second-order valence-corrected chi connectivity index (χ2v) is 5.90. The molecule has 0 aromatic carbocycles. The van der Waals surface area contributed by atoms with Gasteiger partial charge >= 0.3 is 5.97 Å². The number of aromatic nitrogens is 2. The fourth-order valence-electron chi connectivity index (χ4n) is 1.77. The lowest BCUT2D eigenvalue weighted by molar-refractivity contribution is 0.0605. The molecule has 0 unspecified atom stereocenters. The Balaban J connectivity index is 2.08. The van der Waals surface area contributed by atoms with Crippen molar-refractivity contribution in [1.29, 1.82) is 0 Å². The summed E-state index contributed by atoms with van der Waals surface area (Å²) in [5.74, 6) is -0.341. The molecule has 19 heavy (non-hydrogen) atoms. The van der Waals surface area contributed by atoms with E-state index in [0.717, 1.165) is 20.8 Å². The quantitative estimate of drug-likeness (QED) is 0.678. The number of nitrogens with zero attached hydrogens (tertiary/aromatic N) is 2. The molecule has 0 saturated heterocycles. The van der Waals surface area contributed by atoms with Gasteiger partial charge in [-0.2, -0.15) is 0 Å². The first-order valence-electron chi connectivity index (χ1n) is 5.58. The average molecular weight is 290 g/mol. The first kappa shape index (κ1) is 12.3. The molecule has 3 aromatic rings. The maximum absolute atomic E-state index is 11.6. The highest BCUT2D eigenvalue weighted by atomic mass is 32.1. The molecule has 0 aliphatic heterocycles. The number of esters is 1. The summed E-state index contributed by atoms with van der Waals surface area (Å²) in [6.45, 7) is 1.81. The van der Waals surface area contributed by atoms with Crippen LogP contribution in [0.5, 0.6) is 0 Å².